The van der Waals surface area contributed by atoms with Gasteiger partial charge in [0.1, 0.15) is 0 Å². The van der Waals surface area contributed by atoms with E-state index in [0.29, 0.717) is 32.8 Å². The van der Waals surface area contributed by atoms with Gasteiger partial charge in [-0.15, -0.1) is 0 Å². The summed E-state index contributed by atoms with van der Waals surface area (Å²) in [5, 5.41) is 15.5. The lowest BCUT2D eigenvalue weighted by Gasteiger charge is -2.11. The van der Waals surface area contributed by atoms with Crippen molar-refractivity contribution in [3.63, 3.8) is 0 Å². The van der Waals surface area contributed by atoms with E-state index in [1.165, 1.54) is 12.3 Å². The van der Waals surface area contributed by atoms with Crippen LogP contribution in [-0.2, 0) is 11.3 Å². The zero-order valence-corrected chi connectivity index (χ0v) is 14.6. The van der Waals surface area contributed by atoms with Crippen LogP contribution in [0.25, 0.3) is 22.5 Å². The molecule has 0 aliphatic carbocycles. The summed E-state index contributed by atoms with van der Waals surface area (Å²) < 4.78 is 26.4. The largest absolute Gasteiger partial charge is 0.348 e. The van der Waals surface area contributed by atoms with Gasteiger partial charge in [-0.2, -0.15) is 19.1 Å². The van der Waals surface area contributed by atoms with Crippen LogP contribution in [0.15, 0.2) is 61.4 Å². The van der Waals surface area contributed by atoms with E-state index in [-0.39, 0.29) is 12.5 Å². The molecule has 3 aromatic rings. The second kappa shape index (κ2) is 8.22. The van der Waals surface area contributed by atoms with Gasteiger partial charge in [0.15, 0.2) is 0 Å². The van der Waals surface area contributed by atoms with Crippen LogP contribution in [0, 0.1) is 11.3 Å². The highest BCUT2D eigenvalue weighted by Crippen LogP contribution is 2.28. The van der Waals surface area contributed by atoms with E-state index in [1.54, 1.807) is 36.5 Å². The van der Waals surface area contributed by atoms with Gasteiger partial charge < -0.3 is 5.32 Å². The van der Waals surface area contributed by atoms with Crippen molar-refractivity contribution in [2.45, 2.75) is 13.1 Å². The number of halogens is 2. The number of alkyl halides is 2. The highest BCUT2D eigenvalue weighted by molar-refractivity contribution is 5.87. The molecule has 0 radical (unpaired) electrons. The molecule has 3 rings (SSSR count). The molecule has 0 aliphatic rings. The van der Waals surface area contributed by atoms with E-state index in [9.17, 15) is 13.6 Å². The number of pyridine rings is 1. The van der Waals surface area contributed by atoms with E-state index in [4.69, 9.17) is 5.26 Å². The van der Waals surface area contributed by atoms with E-state index < -0.39 is 6.55 Å². The molecule has 0 atom stereocenters. The Morgan fingerprint density at radius 3 is 2.64 bits per heavy atom. The third-order valence-electron chi connectivity index (χ3n) is 4.02. The highest BCUT2D eigenvalue weighted by Gasteiger charge is 2.14. The molecule has 0 saturated heterocycles. The molecular formula is C20H15F2N5O. The number of nitrogens with zero attached hydrogens (tertiary/aromatic N) is 4. The molecule has 1 amide bonds. The minimum Gasteiger partial charge on any atom is -0.348 e. The summed E-state index contributed by atoms with van der Waals surface area (Å²) in [7, 11) is 0. The topological polar surface area (TPSA) is 83.6 Å². The minimum absolute atomic E-state index is 0.141. The van der Waals surface area contributed by atoms with Gasteiger partial charge in [0.05, 0.1) is 23.0 Å². The maximum Gasteiger partial charge on any atom is 0.333 e. The number of hydrogen-bond acceptors (Lipinski definition) is 4. The number of nitriles is 1. The lowest BCUT2D eigenvalue weighted by molar-refractivity contribution is -0.116. The summed E-state index contributed by atoms with van der Waals surface area (Å²) >= 11 is 0. The van der Waals surface area contributed by atoms with Crippen molar-refractivity contribution in [1.29, 1.82) is 5.26 Å². The number of amides is 1. The zero-order valence-electron chi connectivity index (χ0n) is 14.6. The van der Waals surface area contributed by atoms with Gasteiger partial charge in [-0.3, -0.25) is 9.78 Å². The Balaban J connectivity index is 2.03. The third kappa shape index (κ3) is 4.10. The SMILES string of the molecule is C=CC(=O)NCc1cnc(-c2ccc(C#N)cc2)cc1-c1ccn(C(F)F)n1. The van der Waals surface area contributed by atoms with Crippen molar-refractivity contribution in [3.8, 4) is 28.6 Å². The number of carbonyl (C=O) groups excluding carboxylic acids is 1. The first-order chi connectivity index (χ1) is 13.5. The predicted octanol–water partition coefficient (Wildman–Crippen LogP) is 3.68. The molecule has 2 heterocycles. The molecular weight excluding hydrogens is 364 g/mol. The van der Waals surface area contributed by atoms with E-state index in [1.807, 2.05) is 6.07 Å². The van der Waals surface area contributed by atoms with Crippen LogP contribution in [0.4, 0.5) is 8.78 Å². The molecule has 0 unspecified atom stereocenters. The number of benzene rings is 1. The van der Waals surface area contributed by atoms with Gasteiger partial charge in [0.2, 0.25) is 5.91 Å². The molecule has 6 nitrogen and oxygen atoms in total. The van der Waals surface area contributed by atoms with Crippen LogP contribution >= 0.6 is 0 Å². The van der Waals surface area contributed by atoms with Crippen LogP contribution in [0.1, 0.15) is 17.7 Å². The van der Waals surface area contributed by atoms with E-state index in [0.717, 1.165) is 11.6 Å². The number of aromatic nitrogens is 3. The smallest absolute Gasteiger partial charge is 0.333 e. The van der Waals surface area contributed by atoms with Gasteiger partial charge in [0.25, 0.3) is 0 Å². The fourth-order valence-electron chi connectivity index (χ4n) is 2.58. The van der Waals surface area contributed by atoms with Crippen LogP contribution in [0.2, 0.25) is 0 Å². The summed E-state index contributed by atoms with van der Waals surface area (Å²) in [4.78, 5) is 15.9. The first kappa shape index (κ1) is 18.9. The molecule has 1 N–H and O–H groups in total. The molecule has 8 heteroatoms. The second-order valence-corrected chi connectivity index (χ2v) is 5.80. The second-order valence-electron chi connectivity index (χ2n) is 5.80. The van der Waals surface area contributed by atoms with Crippen molar-refractivity contribution < 1.29 is 13.6 Å². The van der Waals surface area contributed by atoms with Crippen LogP contribution < -0.4 is 5.32 Å². The summed E-state index contributed by atoms with van der Waals surface area (Å²) in [5.74, 6) is -0.361. The summed E-state index contributed by atoms with van der Waals surface area (Å²) in [6.45, 7) is 0.783. The van der Waals surface area contributed by atoms with Gasteiger partial charge in [0, 0.05) is 30.1 Å². The Bertz CT molecular complexity index is 1050. The molecule has 0 bridgehead atoms. The maximum atomic E-state index is 12.9. The van der Waals surface area contributed by atoms with Gasteiger partial charge in [-0.1, -0.05) is 18.7 Å². The maximum absolute atomic E-state index is 12.9. The normalized spacial score (nSPS) is 10.5. The highest BCUT2D eigenvalue weighted by atomic mass is 19.3. The number of hydrogen-bond donors (Lipinski definition) is 1. The minimum atomic E-state index is -2.75. The molecule has 0 saturated carbocycles. The van der Waals surface area contributed by atoms with Gasteiger partial charge >= 0.3 is 6.55 Å². The van der Waals surface area contributed by atoms with E-state index in [2.05, 4.69) is 22.0 Å². The van der Waals surface area contributed by atoms with Crippen LogP contribution in [0.5, 0.6) is 0 Å². The zero-order chi connectivity index (χ0) is 20.1. The molecule has 28 heavy (non-hydrogen) atoms. The number of carbonyl (C=O) groups is 1. The molecule has 0 spiro atoms. The molecule has 1 aromatic carbocycles. The van der Waals surface area contributed by atoms with Crippen molar-refractivity contribution >= 4 is 5.91 Å². The first-order valence-corrected chi connectivity index (χ1v) is 8.25. The fraction of sp³-hybridized carbons (Fsp3) is 0.100. The fourth-order valence-corrected chi connectivity index (χ4v) is 2.58. The summed E-state index contributed by atoms with van der Waals surface area (Å²) in [6, 6.07) is 12.1. The molecule has 0 aliphatic heterocycles. The monoisotopic (exact) mass is 379 g/mol. The predicted molar refractivity (Wildman–Crippen MR) is 98.9 cm³/mol. The average Bonchev–Trinajstić information content (AvgIpc) is 3.22. The van der Waals surface area contributed by atoms with E-state index >= 15 is 0 Å². The van der Waals surface area contributed by atoms with Crippen LogP contribution in [-0.4, -0.2) is 20.7 Å². The summed E-state index contributed by atoms with van der Waals surface area (Å²) in [6.07, 6.45) is 3.89. The van der Waals surface area contributed by atoms with Crippen LogP contribution in [0.3, 0.4) is 0 Å². The van der Waals surface area contributed by atoms with Crippen molar-refractivity contribution in [2.24, 2.45) is 0 Å². The average molecular weight is 379 g/mol. The molecule has 2 aromatic heterocycles. The third-order valence-corrected chi connectivity index (χ3v) is 4.02. The lowest BCUT2D eigenvalue weighted by atomic mass is 10.0. The Morgan fingerprint density at radius 1 is 1.29 bits per heavy atom. The quantitative estimate of drug-likeness (QED) is 0.662. The standard InChI is InChI=1S/C20H15F2N5O/c1-2-19(28)25-12-15-11-24-18(14-5-3-13(10-23)4-6-14)9-16(15)17-7-8-27(26-17)20(21)22/h2-9,11,20H,1,12H2,(H,25,28). The Kier molecular flexibility index (Phi) is 5.56. The Hall–Kier alpha value is -3.86. The first-order valence-electron chi connectivity index (χ1n) is 8.25. The number of nitrogens with one attached hydrogen (secondary N) is 1. The van der Waals surface area contributed by atoms with Gasteiger partial charge in [-0.05, 0) is 35.9 Å². The molecule has 0 fully saturated rings. The number of rotatable bonds is 6. The summed E-state index contributed by atoms with van der Waals surface area (Å²) in [5.41, 5.74) is 3.38. The van der Waals surface area contributed by atoms with Crippen molar-refractivity contribution in [2.75, 3.05) is 0 Å². The van der Waals surface area contributed by atoms with Crippen molar-refractivity contribution in [3.05, 3.63) is 72.6 Å². The Labute approximate surface area is 159 Å². The van der Waals surface area contributed by atoms with Gasteiger partial charge in [-0.25, -0.2) is 4.68 Å². The van der Waals surface area contributed by atoms with Crippen molar-refractivity contribution in [1.82, 2.24) is 20.1 Å². The Morgan fingerprint density at radius 2 is 2.04 bits per heavy atom. The lowest BCUT2D eigenvalue weighted by Crippen LogP contribution is -2.20. The molecule has 140 valence electrons.